The number of carbonyl (C=O) groups excluding carboxylic acids is 1. The monoisotopic (exact) mass is 460 g/mol. The summed E-state index contributed by atoms with van der Waals surface area (Å²) < 4.78 is 11.8. The van der Waals surface area contributed by atoms with E-state index in [1.165, 1.54) is 29.5 Å². The number of nitrogens with zero attached hydrogens (tertiary/aromatic N) is 3. The SMILES string of the molecule is COc1ccc(CSCC(=O)Nc2ccc3oc(=O)n(CCN(C)C)c3c2)cc1[N+](=O)[O-]. The van der Waals surface area contributed by atoms with Gasteiger partial charge in [-0.2, -0.15) is 0 Å². The number of amides is 1. The fraction of sp³-hybridized carbons (Fsp3) is 0.333. The summed E-state index contributed by atoms with van der Waals surface area (Å²) in [7, 11) is 5.21. The van der Waals surface area contributed by atoms with Gasteiger partial charge in [0.15, 0.2) is 11.3 Å². The first kappa shape index (κ1) is 23.4. The van der Waals surface area contributed by atoms with Crippen LogP contribution in [0.4, 0.5) is 11.4 Å². The van der Waals surface area contributed by atoms with Crippen molar-refractivity contribution < 1.29 is 18.9 Å². The summed E-state index contributed by atoms with van der Waals surface area (Å²) in [4.78, 5) is 37.1. The van der Waals surface area contributed by atoms with Gasteiger partial charge >= 0.3 is 11.4 Å². The summed E-state index contributed by atoms with van der Waals surface area (Å²) in [6.45, 7) is 1.14. The number of oxazole rings is 1. The van der Waals surface area contributed by atoms with Crippen LogP contribution in [0.5, 0.6) is 5.75 Å². The Morgan fingerprint density at radius 3 is 2.75 bits per heavy atom. The first-order valence-electron chi connectivity index (χ1n) is 9.75. The molecule has 0 radical (unpaired) electrons. The molecule has 0 fully saturated rings. The number of nitro groups is 1. The average Bonchev–Trinajstić information content (AvgIpc) is 3.06. The first-order valence-corrected chi connectivity index (χ1v) is 10.9. The molecule has 170 valence electrons. The van der Waals surface area contributed by atoms with Crippen molar-refractivity contribution in [3.8, 4) is 5.75 Å². The molecule has 2 aromatic carbocycles. The molecule has 1 aromatic heterocycles. The minimum absolute atomic E-state index is 0.108. The largest absolute Gasteiger partial charge is 0.490 e. The molecule has 0 spiro atoms. The number of anilines is 1. The number of carbonyl (C=O) groups is 1. The van der Waals surface area contributed by atoms with Gasteiger partial charge in [-0.1, -0.05) is 6.07 Å². The van der Waals surface area contributed by atoms with Crippen molar-refractivity contribution in [2.45, 2.75) is 12.3 Å². The standard InChI is InChI=1S/C21H24N4O6S/c1-23(2)8-9-24-16-11-15(5-7-19(16)31-21(24)27)22-20(26)13-32-12-14-4-6-18(30-3)17(10-14)25(28)29/h4-7,10-11H,8-9,12-13H2,1-3H3,(H,22,26). The van der Waals surface area contributed by atoms with Gasteiger partial charge in [0.05, 0.1) is 23.3 Å². The van der Waals surface area contributed by atoms with Crippen molar-refractivity contribution in [2.75, 3.05) is 38.8 Å². The Balaban J connectivity index is 1.61. The van der Waals surface area contributed by atoms with Crippen molar-refractivity contribution in [3.05, 3.63) is 62.6 Å². The van der Waals surface area contributed by atoms with Crippen LogP contribution in [0.25, 0.3) is 11.1 Å². The van der Waals surface area contributed by atoms with Gasteiger partial charge in [0.1, 0.15) is 0 Å². The number of fused-ring (bicyclic) bond motifs is 1. The highest BCUT2D eigenvalue weighted by Gasteiger charge is 2.15. The van der Waals surface area contributed by atoms with E-state index in [1.54, 1.807) is 30.3 Å². The molecule has 1 amide bonds. The molecule has 0 unspecified atom stereocenters. The number of nitro benzene ring substituents is 1. The molecule has 10 nitrogen and oxygen atoms in total. The maximum Gasteiger partial charge on any atom is 0.419 e. The van der Waals surface area contributed by atoms with Gasteiger partial charge in [-0.25, -0.2) is 4.79 Å². The average molecular weight is 461 g/mol. The summed E-state index contributed by atoms with van der Waals surface area (Å²) in [5.41, 5.74) is 2.25. The van der Waals surface area contributed by atoms with Crippen LogP contribution >= 0.6 is 11.8 Å². The molecular formula is C21H24N4O6S. The quantitative estimate of drug-likeness (QED) is 0.362. The Morgan fingerprint density at radius 1 is 1.28 bits per heavy atom. The van der Waals surface area contributed by atoms with E-state index in [1.807, 2.05) is 19.0 Å². The normalized spacial score (nSPS) is 11.1. The number of hydrogen-bond acceptors (Lipinski definition) is 8. The predicted octanol–water partition coefficient (Wildman–Crippen LogP) is 2.94. The molecule has 0 atom stereocenters. The predicted molar refractivity (Wildman–Crippen MR) is 123 cm³/mol. The summed E-state index contributed by atoms with van der Waals surface area (Å²) in [6.07, 6.45) is 0. The molecule has 0 bridgehead atoms. The van der Waals surface area contributed by atoms with E-state index in [-0.39, 0.29) is 23.1 Å². The van der Waals surface area contributed by atoms with Crippen molar-refractivity contribution in [2.24, 2.45) is 0 Å². The lowest BCUT2D eigenvalue weighted by molar-refractivity contribution is -0.385. The summed E-state index contributed by atoms with van der Waals surface area (Å²) in [6, 6.07) is 9.77. The highest BCUT2D eigenvalue weighted by atomic mass is 32.2. The molecule has 0 saturated heterocycles. The number of benzene rings is 2. The van der Waals surface area contributed by atoms with E-state index in [0.717, 1.165) is 5.56 Å². The number of thioether (sulfide) groups is 1. The molecule has 32 heavy (non-hydrogen) atoms. The summed E-state index contributed by atoms with van der Waals surface area (Å²) >= 11 is 1.34. The Morgan fingerprint density at radius 2 is 2.06 bits per heavy atom. The van der Waals surface area contributed by atoms with Crippen LogP contribution in [-0.2, 0) is 17.1 Å². The van der Waals surface area contributed by atoms with Crippen LogP contribution in [-0.4, -0.2) is 53.8 Å². The smallest absolute Gasteiger partial charge is 0.419 e. The third-order valence-electron chi connectivity index (χ3n) is 4.66. The van der Waals surface area contributed by atoms with Crippen molar-refractivity contribution >= 4 is 40.1 Å². The number of likely N-dealkylation sites (N-methyl/N-ethyl adjacent to an activating group) is 1. The number of nitrogens with one attached hydrogen (secondary N) is 1. The third kappa shape index (κ3) is 5.68. The second-order valence-electron chi connectivity index (χ2n) is 7.31. The Labute approximate surface area is 188 Å². The number of aromatic nitrogens is 1. The van der Waals surface area contributed by atoms with Gasteiger partial charge < -0.3 is 19.4 Å². The second kappa shape index (κ2) is 10.3. The zero-order valence-electron chi connectivity index (χ0n) is 18.0. The first-order chi connectivity index (χ1) is 15.3. The van der Waals surface area contributed by atoms with Crippen molar-refractivity contribution in [1.82, 2.24) is 9.47 Å². The molecule has 3 aromatic rings. The fourth-order valence-corrected chi connectivity index (χ4v) is 3.85. The molecule has 0 aliphatic rings. The number of ether oxygens (including phenoxy) is 1. The van der Waals surface area contributed by atoms with Crippen LogP contribution in [0.15, 0.2) is 45.6 Å². The molecule has 1 N–H and O–H groups in total. The maximum atomic E-state index is 12.4. The van der Waals surface area contributed by atoms with Gasteiger partial charge in [0.25, 0.3) is 0 Å². The van der Waals surface area contributed by atoms with E-state index >= 15 is 0 Å². The number of methoxy groups -OCH3 is 1. The van der Waals surface area contributed by atoms with E-state index in [2.05, 4.69) is 5.32 Å². The van der Waals surface area contributed by atoms with E-state index in [4.69, 9.17) is 9.15 Å². The Kier molecular flexibility index (Phi) is 7.54. The van der Waals surface area contributed by atoms with E-state index < -0.39 is 10.7 Å². The van der Waals surface area contributed by atoms with Crippen LogP contribution < -0.4 is 15.8 Å². The molecule has 0 aliphatic heterocycles. The van der Waals surface area contributed by atoms with Gasteiger partial charge in [-0.05, 0) is 43.9 Å². The topological polar surface area (TPSA) is 120 Å². The lowest BCUT2D eigenvalue weighted by atomic mass is 10.2. The van der Waals surface area contributed by atoms with Gasteiger partial charge in [0, 0.05) is 30.6 Å². The van der Waals surface area contributed by atoms with Crippen LogP contribution in [0.2, 0.25) is 0 Å². The highest BCUT2D eigenvalue weighted by Crippen LogP contribution is 2.29. The number of rotatable bonds is 10. The van der Waals surface area contributed by atoms with E-state index in [9.17, 15) is 19.7 Å². The van der Waals surface area contributed by atoms with E-state index in [0.29, 0.717) is 35.6 Å². The zero-order chi connectivity index (χ0) is 23.3. The van der Waals surface area contributed by atoms with Gasteiger partial charge in [0.2, 0.25) is 5.91 Å². The third-order valence-corrected chi connectivity index (χ3v) is 5.67. The van der Waals surface area contributed by atoms with Crippen LogP contribution in [0.1, 0.15) is 5.56 Å². The molecule has 0 saturated carbocycles. The highest BCUT2D eigenvalue weighted by molar-refractivity contribution is 7.99. The summed E-state index contributed by atoms with van der Waals surface area (Å²) in [5.74, 6) is 0.137. The molecule has 11 heteroatoms. The maximum absolute atomic E-state index is 12.4. The Hall–Kier alpha value is -3.31. The molecular weight excluding hydrogens is 436 g/mol. The lowest BCUT2D eigenvalue weighted by Crippen LogP contribution is -2.23. The zero-order valence-corrected chi connectivity index (χ0v) is 18.8. The van der Waals surface area contributed by atoms with Gasteiger partial charge in [-0.3, -0.25) is 19.5 Å². The van der Waals surface area contributed by atoms with Crippen LogP contribution in [0.3, 0.4) is 0 Å². The van der Waals surface area contributed by atoms with Crippen LogP contribution in [0, 0.1) is 10.1 Å². The molecule has 0 aliphatic carbocycles. The number of hydrogen-bond donors (Lipinski definition) is 1. The molecule has 3 rings (SSSR count). The summed E-state index contributed by atoms with van der Waals surface area (Å²) in [5, 5.41) is 13.9. The molecule has 1 heterocycles. The lowest BCUT2D eigenvalue weighted by Gasteiger charge is -2.10. The van der Waals surface area contributed by atoms with Gasteiger partial charge in [-0.15, -0.1) is 11.8 Å². The van der Waals surface area contributed by atoms with Crippen molar-refractivity contribution in [3.63, 3.8) is 0 Å². The Bertz CT molecular complexity index is 1190. The van der Waals surface area contributed by atoms with Crippen molar-refractivity contribution in [1.29, 1.82) is 0 Å². The second-order valence-corrected chi connectivity index (χ2v) is 8.30. The fourth-order valence-electron chi connectivity index (χ4n) is 3.08. The minimum atomic E-state index is -0.496. The minimum Gasteiger partial charge on any atom is -0.490 e.